The highest BCUT2D eigenvalue weighted by Crippen LogP contribution is 2.62. The van der Waals surface area contributed by atoms with E-state index in [4.69, 9.17) is 0 Å². The monoisotopic (exact) mass is 346 g/mol. The highest BCUT2D eigenvalue weighted by atomic mass is 79.9. The van der Waals surface area contributed by atoms with Crippen molar-refractivity contribution in [3.05, 3.63) is 11.6 Å². The van der Waals surface area contributed by atoms with Crippen molar-refractivity contribution in [2.75, 3.05) is 10.7 Å². The molecule has 0 spiro atoms. The lowest BCUT2D eigenvalue weighted by Crippen LogP contribution is -2.47. The Morgan fingerprint density at radius 2 is 1.50 bits per heavy atom. The Hall–Kier alpha value is 0.700. The predicted octanol–water partition coefficient (Wildman–Crippen LogP) is 4.92. The minimum absolute atomic E-state index is 0.603. The minimum atomic E-state index is 0.603. The second-order valence-electron chi connectivity index (χ2n) is 6.22. The SMILES string of the molecule is BrC/C=C(\CBr)C12CC3CC(CC(C3)C1)C2. The smallest absolute Gasteiger partial charge is 0.0247 e. The van der Waals surface area contributed by atoms with Crippen LogP contribution in [0.4, 0.5) is 0 Å². The predicted molar refractivity (Wildman–Crippen MR) is 76.3 cm³/mol. The number of halogens is 2. The van der Waals surface area contributed by atoms with Gasteiger partial charge >= 0.3 is 0 Å². The molecule has 0 amide bonds. The summed E-state index contributed by atoms with van der Waals surface area (Å²) in [5.74, 6) is 3.18. The number of rotatable bonds is 3. The Balaban J connectivity index is 1.90. The van der Waals surface area contributed by atoms with E-state index in [-0.39, 0.29) is 0 Å². The Kier molecular flexibility index (Phi) is 3.25. The first kappa shape index (κ1) is 11.8. The summed E-state index contributed by atoms with van der Waals surface area (Å²) in [6.45, 7) is 0. The molecule has 4 fully saturated rings. The van der Waals surface area contributed by atoms with E-state index < -0.39 is 0 Å². The van der Waals surface area contributed by atoms with Gasteiger partial charge in [-0.2, -0.15) is 0 Å². The van der Waals surface area contributed by atoms with Crippen LogP contribution in [0.2, 0.25) is 0 Å². The molecule has 0 atom stereocenters. The minimum Gasteiger partial charge on any atom is -0.0883 e. The molecular weight excluding hydrogens is 328 g/mol. The molecule has 4 saturated carbocycles. The molecule has 4 rings (SSSR count). The third-order valence-corrected chi connectivity index (χ3v) is 6.11. The average molecular weight is 348 g/mol. The van der Waals surface area contributed by atoms with Gasteiger partial charge in [-0.1, -0.05) is 43.5 Å². The summed E-state index contributed by atoms with van der Waals surface area (Å²) in [6.07, 6.45) is 11.5. The van der Waals surface area contributed by atoms with E-state index in [9.17, 15) is 0 Å². The summed E-state index contributed by atoms with van der Waals surface area (Å²) in [5, 5.41) is 2.11. The van der Waals surface area contributed by atoms with E-state index in [1.165, 1.54) is 19.3 Å². The van der Waals surface area contributed by atoms with Crippen molar-refractivity contribution in [2.24, 2.45) is 23.2 Å². The van der Waals surface area contributed by atoms with Gasteiger partial charge in [0, 0.05) is 10.7 Å². The van der Waals surface area contributed by atoms with Crippen molar-refractivity contribution in [1.82, 2.24) is 0 Å². The van der Waals surface area contributed by atoms with Crippen molar-refractivity contribution >= 4 is 31.9 Å². The van der Waals surface area contributed by atoms with Crippen LogP contribution in [-0.2, 0) is 0 Å². The van der Waals surface area contributed by atoms with Gasteiger partial charge in [-0.25, -0.2) is 0 Å². The fraction of sp³-hybridized carbons (Fsp3) is 0.857. The maximum Gasteiger partial charge on any atom is 0.0247 e. The van der Waals surface area contributed by atoms with Crippen LogP contribution >= 0.6 is 31.9 Å². The van der Waals surface area contributed by atoms with Crippen LogP contribution in [-0.4, -0.2) is 10.7 Å². The summed E-state index contributed by atoms with van der Waals surface area (Å²) in [4.78, 5) is 0. The molecule has 16 heavy (non-hydrogen) atoms. The molecular formula is C14H20Br2. The first-order chi connectivity index (χ1) is 7.75. The molecule has 4 aliphatic carbocycles. The Morgan fingerprint density at radius 1 is 1.00 bits per heavy atom. The van der Waals surface area contributed by atoms with E-state index in [0.717, 1.165) is 28.4 Å². The summed E-state index contributed by atoms with van der Waals surface area (Å²) in [5.41, 5.74) is 2.30. The molecule has 4 bridgehead atoms. The lowest BCUT2D eigenvalue weighted by atomic mass is 9.48. The van der Waals surface area contributed by atoms with E-state index in [1.807, 2.05) is 0 Å². The van der Waals surface area contributed by atoms with Crippen LogP contribution in [0.5, 0.6) is 0 Å². The van der Waals surface area contributed by atoms with Gasteiger partial charge < -0.3 is 0 Å². The average Bonchev–Trinajstić information content (AvgIpc) is 2.23. The van der Waals surface area contributed by atoms with Crippen LogP contribution in [0.15, 0.2) is 11.6 Å². The number of hydrogen-bond acceptors (Lipinski definition) is 0. The molecule has 0 aromatic rings. The van der Waals surface area contributed by atoms with Crippen LogP contribution in [0.1, 0.15) is 38.5 Å². The molecule has 0 unspecified atom stereocenters. The summed E-state index contributed by atoms with van der Waals surface area (Å²) < 4.78 is 0. The maximum atomic E-state index is 3.72. The van der Waals surface area contributed by atoms with Gasteiger partial charge in [0.05, 0.1) is 0 Å². The molecule has 2 heteroatoms. The maximum absolute atomic E-state index is 3.72. The summed E-state index contributed by atoms with van der Waals surface area (Å²) in [6, 6.07) is 0. The molecule has 0 aromatic carbocycles. The Morgan fingerprint density at radius 3 is 1.88 bits per heavy atom. The van der Waals surface area contributed by atoms with Crippen molar-refractivity contribution < 1.29 is 0 Å². The van der Waals surface area contributed by atoms with Gasteiger partial charge in [0.15, 0.2) is 0 Å². The van der Waals surface area contributed by atoms with Gasteiger partial charge in [0.2, 0.25) is 0 Å². The molecule has 0 aromatic heterocycles. The fourth-order valence-electron chi connectivity index (χ4n) is 5.01. The van der Waals surface area contributed by atoms with Gasteiger partial charge in [-0.3, -0.25) is 0 Å². The standard InChI is InChI=1S/C14H20Br2/c15-2-1-13(9-16)14-6-10-3-11(7-14)5-12(4-10)8-14/h1,10-12H,2-9H2/b13-1+. The van der Waals surface area contributed by atoms with Crippen LogP contribution in [0.3, 0.4) is 0 Å². The number of hydrogen-bond donors (Lipinski definition) is 0. The largest absolute Gasteiger partial charge is 0.0883 e. The Bertz CT molecular complexity index is 271. The lowest BCUT2D eigenvalue weighted by Gasteiger charge is -2.57. The number of allylic oxidation sites excluding steroid dienone is 2. The van der Waals surface area contributed by atoms with Gasteiger partial charge in [0.1, 0.15) is 0 Å². The van der Waals surface area contributed by atoms with Crippen molar-refractivity contribution in [1.29, 1.82) is 0 Å². The molecule has 0 saturated heterocycles. The number of alkyl halides is 2. The topological polar surface area (TPSA) is 0 Å². The van der Waals surface area contributed by atoms with Gasteiger partial charge in [-0.15, -0.1) is 0 Å². The van der Waals surface area contributed by atoms with Crippen LogP contribution < -0.4 is 0 Å². The van der Waals surface area contributed by atoms with Crippen LogP contribution in [0, 0.1) is 23.2 Å². The fourth-order valence-corrected chi connectivity index (χ4v) is 6.22. The van der Waals surface area contributed by atoms with E-state index in [0.29, 0.717) is 5.41 Å². The van der Waals surface area contributed by atoms with Crippen molar-refractivity contribution in [3.8, 4) is 0 Å². The summed E-state index contributed by atoms with van der Waals surface area (Å²) in [7, 11) is 0. The first-order valence-electron chi connectivity index (χ1n) is 6.57. The third-order valence-electron chi connectivity index (χ3n) is 5.19. The molecule has 0 nitrogen and oxygen atoms in total. The zero-order valence-corrected chi connectivity index (χ0v) is 12.9. The van der Waals surface area contributed by atoms with E-state index in [1.54, 1.807) is 24.8 Å². The molecule has 0 N–H and O–H groups in total. The highest BCUT2D eigenvalue weighted by Gasteiger charge is 2.51. The summed E-state index contributed by atoms with van der Waals surface area (Å²) >= 11 is 7.29. The van der Waals surface area contributed by atoms with Crippen molar-refractivity contribution in [3.63, 3.8) is 0 Å². The zero-order chi connectivity index (χ0) is 11.2. The molecule has 0 aliphatic heterocycles. The lowest BCUT2D eigenvalue weighted by molar-refractivity contribution is -0.0300. The van der Waals surface area contributed by atoms with Gasteiger partial charge in [-0.05, 0) is 61.7 Å². The quantitative estimate of drug-likeness (QED) is 0.502. The highest BCUT2D eigenvalue weighted by molar-refractivity contribution is 9.09. The second-order valence-corrected chi connectivity index (χ2v) is 7.42. The van der Waals surface area contributed by atoms with Crippen LogP contribution in [0.25, 0.3) is 0 Å². The van der Waals surface area contributed by atoms with Crippen molar-refractivity contribution in [2.45, 2.75) is 38.5 Å². The first-order valence-corrected chi connectivity index (χ1v) is 8.81. The van der Waals surface area contributed by atoms with Gasteiger partial charge in [0.25, 0.3) is 0 Å². The Labute approximate surface area is 116 Å². The third kappa shape index (κ3) is 1.84. The molecule has 0 radical (unpaired) electrons. The normalized spacial score (nSPS) is 46.4. The second kappa shape index (κ2) is 4.42. The molecule has 4 aliphatic rings. The van der Waals surface area contributed by atoms with E-state index in [2.05, 4.69) is 37.9 Å². The van der Waals surface area contributed by atoms with E-state index >= 15 is 0 Å². The zero-order valence-electron chi connectivity index (χ0n) is 9.72. The molecule has 90 valence electrons. The molecule has 0 heterocycles.